The van der Waals surface area contributed by atoms with Crippen LogP contribution < -0.4 is 10.6 Å². The van der Waals surface area contributed by atoms with Crippen LogP contribution in [0.3, 0.4) is 0 Å². The summed E-state index contributed by atoms with van der Waals surface area (Å²) in [6, 6.07) is 18.4. The first-order chi connectivity index (χ1) is 19.7. The number of halogens is 4. The van der Waals surface area contributed by atoms with Gasteiger partial charge in [-0.2, -0.15) is 18.3 Å². The van der Waals surface area contributed by atoms with Gasteiger partial charge in [0.05, 0.1) is 5.69 Å². The summed E-state index contributed by atoms with van der Waals surface area (Å²) in [5.74, 6) is -1.69. The first kappa shape index (κ1) is 30.3. The molecule has 0 saturated carbocycles. The predicted octanol–water partition coefficient (Wildman–Crippen LogP) is 6.39. The minimum Gasteiger partial charge on any atom is -0.444 e. The largest absolute Gasteiger partial charge is 0.444 e. The number of ether oxygens (including phenoxy) is 1. The molecule has 3 aromatic carbocycles. The zero-order chi connectivity index (χ0) is 30.7. The van der Waals surface area contributed by atoms with E-state index in [1.54, 1.807) is 57.2 Å². The van der Waals surface area contributed by atoms with Crippen molar-refractivity contribution in [2.45, 2.75) is 45.2 Å². The molecule has 12 heteroatoms. The number of amides is 2. The van der Waals surface area contributed by atoms with Gasteiger partial charge in [-0.25, -0.2) is 13.9 Å². The first-order valence-electron chi connectivity index (χ1n) is 12.8. The van der Waals surface area contributed by atoms with E-state index >= 15 is 0 Å². The van der Waals surface area contributed by atoms with Gasteiger partial charge in [0, 0.05) is 23.9 Å². The highest BCUT2D eigenvalue weighted by Gasteiger charge is 2.36. The van der Waals surface area contributed by atoms with Crippen molar-refractivity contribution < 1.29 is 37.0 Å². The fraction of sp³-hybridized carbons (Fsp3) is 0.233. The number of hydrogen-bond donors (Lipinski definition) is 3. The molecular formula is C30H28F4N4O4. The number of nitrogens with one attached hydrogen (secondary N) is 2. The van der Waals surface area contributed by atoms with Crippen LogP contribution in [0, 0.1) is 5.82 Å². The summed E-state index contributed by atoms with van der Waals surface area (Å²) in [6.07, 6.45) is -6.87. The number of carbonyl (C=O) groups excluding carboxylic acids is 2. The van der Waals surface area contributed by atoms with Gasteiger partial charge in [-0.3, -0.25) is 4.79 Å². The van der Waals surface area contributed by atoms with Gasteiger partial charge in [0.2, 0.25) is 0 Å². The van der Waals surface area contributed by atoms with Crippen LogP contribution in [-0.2, 0) is 17.5 Å². The second-order valence-corrected chi connectivity index (χ2v) is 10.4. The summed E-state index contributed by atoms with van der Waals surface area (Å²) >= 11 is 0. The Balaban J connectivity index is 1.62. The van der Waals surface area contributed by atoms with Gasteiger partial charge < -0.3 is 20.5 Å². The molecule has 1 heterocycles. The van der Waals surface area contributed by atoms with Gasteiger partial charge in [-0.15, -0.1) is 0 Å². The molecule has 4 aromatic rings. The van der Waals surface area contributed by atoms with Crippen LogP contribution in [0.15, 0.2) is 78.9 Å². The highest BCUT2D eigenvalue weighted by molar-refractivity contribution is 6.03. The molecule has 2 amide bonds. The van der Waals surface area contributed by atoms with Gasteiger partial charge in [-0.05, 0) is 62.2 Å². The Labute approximate surface area is 238 Å². The fourth-order valence-electron chi connectivity index (χ4n) is 4.01. The van der Waals surface area contributed by atoms with E-state index in [0.717, 1.165) is 10.7 Å². The average molecular weight is 585 g/mol. The summed E-state index contributed by atoms with van der Waals surface area (Å²) < 4.78 is 61.5. The monoisotopic (exact) mass is 584 g/mol. The van der Waals surface area contributed by atoms with E-state index in [4.69, 9.17) is 4.74 Å². The maximum Gasteiger partial charge on any atom is 0.435 e. The van der Waals surface area contributed by atoms with E-state index in [1.807, 2.05) is 0 Å². The van der Waals surface area contributed by atoms with E-state index in [2.05, 4.69) is 15.7 Å². The molecule has 0 bridgehead atoms. The Bertz CT molecular complexity index is 1580. The van der Waals surface area contributed by atoms with Crippen LogP contribution in [0.2, 0.25) is 0 Å². The van der Waals surface area contributed by atoms with Gasteiger partial charge in [0.25, 0.3) is 5.91 Å². The van der Waals surface area contributed by atoms with Gasteiger partial charge in [-0.1, -0.05) is 42.5 Å². The number of alkyl carbamates (subject to hydrolysis) is 1. The van der Waals surface area contributed by atoms with Crippen LogP contribution in [0.25, 0.3) is 5.69 Å². The maximum absolute atomic E-state index is 14.6. The van der Waals surface area contributed by atoms with Crippen LogP contribution >= 0.6 is 0 Å². The first-order valence-corrected chi connectivity index (χ1v) is 12.8. The molecule has 1 unspecified atom stereocenters. The molecule has 0 aliphatic carbocycles. The van der Waals surface area contributed by atoms with Crippen molar-refractivity contribution in [3.8, 4) is 5.69 Å². The standard InChI is InChI=1S/C30H28F4N4O4/c1-29(2,3)42-28(41)35-17-18-8-7-11-21(14-18)38-24(16-25(37-38)30(32,33)34)27(40)36-20-12-13-23(31)22(15-20)26(39)19-9-5-4-6-10-19/h4-16,26,39H,17H2,1-3H3,(H,35,41)(H,36,40). The molecule has 8 nitrogen and oxygen atoms in total. The molecular weight excluding hydrogens is 556 g/mol. The quantitative estimate of drug-likeness (QED) is 0.219. The second kappa shape index (κ2) is 12.0. The number of rotatable bonds is 7. The minimum atomic E-state index is -4.85. The molecule has 0 radical (unpaired) electrons. The van der Waals surface area contributed by atoms with Crippen molar-refractivity contribution in [1.29, 1.82) is 0 Å². The molecule has 0 spiro atoms. The van der Waals surface area contributed by atoms with Crippen molar-refractivity contribution in [3.05, 3.63) is 113 Å². The van der Waals surface area contributed by atoms with Crippen LogP contribution in [0.5, 0.6) is 0 Å². The van der Waals surface area contributed by atoms with Crippen molar-refractivity contribution in [3.63, 3.8) is 0 Å². The zero-order valence-electron chi connectivity index (χ0n) is 22.9. The number of aliphatic hydroxyl groups excluding tert-OH is 1. The molecule has 3 N–H and O–H groups in total. The smallest absolute Gasteiger partial charge is 0.435 e. The van der Waals surface area contributed by atoms with E-state index in [1.165, 1.54) is 30.3 Å². The van der Waals surface area contributed by atoms with E-state index < -0.39 is 47.1 Å². The number of anilines is 1. The van der Waals surface area contributed by atoms with E-state index in [-0.39, 0.29) is 23.5 Å². The number of hydrogen-bond acceptors (Lipinski definition) is 5. The van der Waals surface area contributed by atoms with Crippen LogP contribution in [0.4, 0.5) is 28.0 Å². The molecule has 1 aromatic heterocycles. The lowest BCUT2D eigenvalue weighted by molar-refractivity contribution is -0.141. The average Bonchev–Trinajstić information content (AvgIpc) is 3.39. The second-order valence-electron chi connectivity index (χ2n) is 10.4. The topological polar surface area (TPSA) is 105 Å². The molecule has 0 fully saturated rings. The van der Waals surface area contributed by atoms with Crippen LogP contribution in [-0.4, -0.2) is 32.5 Å². The normalized spacial score (nSPS) is 12.5. The Hall–Kier alpha value is -4.71. The summed E-state index contributed by atoms with van der Waals surface area (Å²) in [7, 11) is 0. The van der Waals surface area contributed by atoms with Crippen LogP contribution in [0.1, 0.15) is 59.7 Å². The SMILES string of the molecule is CC(C)(C)OC(=O)NCc1cccc(-n2nc(C(F)(F)F)cc2C(=O)Nc2ccc(F)c(C(O)c3ccccc3)c2)c1. The maximum atomic E-state index is 14.6. The predicted molar refractivity (Wildman–Crippen MR) is 146 cm³/mol. The van der Waals surface area contributed by atoms with Crippen molar-refractivity contribution in [2.75, 3.05) is 5.32 Å². The number of nitrogens with zero attached hydrogens (tertiary/aromatic N) is 2. The van der Waals surface area contributed by atoms with Crippen molar-refractivity contribution >= 4 is 17.7 Å². The summed E-state index contributed by atoms with van der Waals surface area (Å²) in [5.41, 5.74) is -1.52. The van der Waals surface area contributed by atoms with Crippen molar-refractivity contribution in [2.24, 2.45) is 0 Å². The number of aromatic nitrogens is 2. The number of carbonyl (C=O) groups is 2. The fourth-order valence-corrected chi connectivity index (χ4v) is 4.01. The number of aliphatic hydroxyl groups is 1. The Morgan fingerprint density at radius 3 is 2.36 bits per heavy atom. The highest BCUT2D eigenvalue weighted by Crippen LogP contribution is 2.31. The molecule has 0 saturated heterocycles. The van der Waals surface area contributed by atoms with Crippen molar-refractivity contribution in [1.82, 2.24) is 15.1 Å². The van der Waals surface area contributed by atoms with Gasteiger partial charge >= 0.3 is 12.3 Å². The van der Waals surface area contributed by atoms with E-state index in [9.17, 15) is 32.3 Å². The van der Waals surface area contributed by atoms with Gasteiger partial charge in [0.15, 0.2) is 5.69 Å². The summed E-state index contributed by atoms with van der Waals surface area (Å²) in [5, 5.41) is 19.3. The number of benzene rings is 3. The Morgan fingerprint density at radius 2 is 1.69 bits per heavy atom. The molecule has 4 rings (SSSR count). The minimum absolute atomic E-state index is 0.000222. The van der Waals surface area contributed by atoms with E-state index in [0.29, 0.717) is 17.2 Å². The zero-order valence-corrected chi connectivity index (χ0v) is 22.9. The Morgan fingerprint density at radius 1 is 0.976 bits per heavy atom. The number of alkyl halides is 3. The summed E-state index contributed by atoms with van der Waals surface area (Å²) in [4.78, 5) is 25.3. The lowest BCUT2D eigenvalue weighted by Crippen LogP contribution is -2.32. The molecule has 1 atom stereocenters. The molecule has 42 heavy (non-hydrogen) atoms. The summed E-state index contributed by atoms with van der Waals surface area (Å²) in [6.45, 7) is 5.11. The Kier molecular flexibility index (Phi) is 8.67. The molecule has 0 aliphatic heterocycles. The third-order valence-electron chi connectivity index (χ3n) is 5.89. The lowest BCUT2D eigenvalue weighted by Gasteiger charge is -2.19. The third-order valence-corrected chi connectivity index (χ3v) is 5.89. The molecule has 0 aliphatic rings. The van der Waals surface area contributed by atoms with Gasteiger partial charge in [0.1, 0.15) is 23.2 Å². The lowest BCUT2D eigenvalue weighted by atomic mass is 10.0. The molecule has 220 valence electrons. The highest BCUT2D eigenvalue weighted by atomic mass is 19.4. The third kappa shape index (κ3) is 7.52.